The lowest BCUT2D eigenvalue weighted by atomic mass is 10.4. The second-order valence-electron chi connectivity index (χ2n) is 3.18. The summed E-state index contributed by atoms with van der Waals surface area (Å²) in [5, 5.41) is 2.91. The highest BCUT2D eigenvalue weighted by molar-refractivity contribution is 7.84. The molecule has 0 saturated heterocycles. The molecular weight excluding hydrogens is 214 g/mol. The quantitative estimate of drug-likeness (QED) is 0.472. The first-order valence-corrected chi connectivity index (χ1v) is 6.90. The van der Waals surface area contributed by atoms with Crippen molar-refractivity contribution >= 4 is 16.8 Å². The number of hydrogen-bond donors (Lipinski definition) is 1. The van der Waals surface area contributed by atoms with E-state index in [-0.39, 0.29) is 12.5 Å². The highest BCUT2D eigenvalue weighted by atomic mass is 32.2. The fraction of sp³-hybridized carbons (Fsp3) is 0.900. The van der Waals surface area contributed by atoms with Crippen LogP contribution in [0.4, 0.5) is 0 Å². The summed E-state index contributed by atoms with van der Waals surface area (Å²) in [6.45, 7) is 5.24. The summed E-state index contributed by atoms with van der Waals surface area (Å²) in [4.78, 5) is 11.1. The molecule has 0 radical (unpaired) electrons. The van der Waals surface area contributed by atoms with Crippen molar-refractivity contribution in [2.24, 2.45) is 0 Å². The molecule has 0 aromatic carbocycles. The second-order valence-corrected chi connectivity index (χ2v) is 5.05. The minimum absolute atomic E-state index is 0.213. The Hall–Kier alpha value is -0.420. The molecule has 0 saturated carbocycles. The van der Waals surface area contributed by atoms with Gasteiger partial charge in [0, 0.05) is 28.9 Å². The van der Waals surface area contributed by atoms with Gasteiger partial charge >= 0.3 is 5.97 Å². The van der Waals surface area contributed by atoms with Crippen LogP contribution in [0, 0.1) is 0 Å². The molecule has 4 nitrogen and oxygen atoms in total. The molecule has 0 aliphatic rings. The number of nitrogens with one attached hydrogen (secondary N) is 1. The molecule has 0 rings (SSSR count). The van der Waals surface area contributed by atoms with Gasteiger partial charge in [-0.25, -0.2) is 0 Å². The molecule has 0 aromatic heterocycles. The fourth-order valence-corrected chi connectivity index (χ4v) is 1.56. The van der Waals surface area contributed by atoms with Crippen LogP contribution in [0.15, 0.2) is 0 Å². The first-order chi connectivity index (χ1) is 7.20. The van der Waals surface area contributed by atoms with Gasteiger partial charge in [0.2, 0.25) is 0 Å². The Bertz CT molecular complexity index is 197. The zero-order valence-electron chi connectivity index (χ0n) is 9.58. The number of carbonyl (C=O) groups excluding carboxylic acids is 1. The maximum Gasteiger partial charge on any atom is 0.319 e. The Morgan fingerprint density at radius 3 is 2.73 bits per heavy atom. The highest BCUT2D eigenvalue weighted by Crippen LogP contribution is 1.88. The van der Waals surface area contributed by atoms with Crippen molar-refractivity contribution in [3.05, 3.63) is 0 Å². The summed E-state index contributed by atoms with van der Waals surface area (Å²) in [6.07, 6.45) is 1.93. The van der Waals surface area contributed by atoms with E-state index in [2.05, 4.69) is 5.32 Å². The Kier molecular flexibility index (Phi) is 9.83. The molecule has 0 amide bonds. The van der Waals surface area contributed by atoms with Crippen molar-refractivity contribution in [1.82, 2.24) is 5.32 Å². The second kappa shape index (κ2) is 10.1. The highest BCUT2D eigenvalue weighted by Gasteiger charge is 2.01. The molecule has 1 atom stereocenters. The van der Waals surface area contributed by atoms with E-state index in [4.69, 9.17) is 4.74 Å². The lowest BCUT2D eigenvalue weighted by Gasteiger charge is -2.05. The lowest BCUT2D eigenvalue weighted by molar-refractivity contribution is -0.142. The number of unbranched alkanes of at least 4 members (excludes halogenated alkanes) is 1. The van der Waals surface area contributed by atoms with Gasteiger partial charge in [0.05, 0.1) is 13.2 Å². The van der Waals surface area contributed by atoms with Gasteiger partial charge < -0.3 is 10.1 Å². The van der Waals surface area contributed by atoms with Crippen LogP contribution in [0.2, 0.25) is 0 Å². The maximum absolute atomic E-state index is 11.1. The topological polar surface area (TPSA) is 55.4 Å². The average molecular weight is 235 g/mol. The van der Waals surface area contributed by atoms with Crippen LogP contribution in [-0.4, -0.2) is 41.4 Å². The number of ether oxygens (including phenoxy) is 1. The average Bonchev–Trinajstić information content (AvgIpc) is 2.24. The van der Waals surface area contributed by atoms with Gasteiger partial charge in [-0.05, 0) is 6.42 Å². The molecule has 5 heteroatoms. The zero-order chi connectivity index (χ0) is 11.5. The Balaban J connectivity index is 3.27. The van der Waals surface area contributed by atoms with Crippen LogP contribution < -0.4 is 5.32 Å². The van der Waals surface area contributed by atoms with Crippen LogP contribution in [-0.2, 0) is 20.3 Å². The zero-order valence-corrected chi connectivity index (χ0v) is 10.4. The normalized spacial score (nSPS) is 12.4. The maximum atomic E-state index is 11.1. The van der Waals surface area contributed by atoms with Crippen LogP contribution in [0.25, 0.3) is 0 Å². The fourth-order valence-electron chi connectivity index (χ4n) is 0.902. The van der Waals surface area contributed by atoms with Crippen LogP contribution >= 0.6 is 0 Å². The largest absolute Gasteiger partial charge is 0.465 e. The van der Waals surface area contributed by atoms with Gasteiger partial charge in [-0.1, -0.05) is 20.3 Å². The molecule has 0 aromatic rings. The van der Waals surface area contributed by atoms with Crippen molar-refractivity contribution in [3.63, 3.8) is 0 Å². The van der Waals surface area contributed by atoms with E-state index in [1.807, 2.05) is 13.8 Å². The Labute approximate surface area is 94.2 Å². The first-order valence-electron chi connectivity index (χ1n) is 5.42. The van der Waals surface area contributed by atoms with Gasteiger partial charge in [0.25, 0.3) is 0 Å². The Morgan fingerprint density at radius 1 is 1.40 bits per heavy atom. The summed E-state index contributed by atoms with van der Waals surface area (Å²) in [6, 6.07) is 0. The lowest BCUT2D eigenvalue weighted by Crippen LogP contribution is -2.28. The summed E-state index contributed by atoms with van der Waals surface area (Å²) in [5.74, 6) is 1.03. The number of rotatable bonds is 9. The predicted octanol–water partition coefficient (Wildman–Crippen LogP) is 0.688. The van der Waals surface area contributed by atoms with Crippen LogP contribution in [0.1, 0.15) is 26.7 Å². The molecule has 0 aliphatic carbocycles. The van der Waals surface area contributed by atoms with E-state index < -0.39 is 10.8 Å². The van der Waals surface area contributed by atoms with Crippen molar-refractivity contribution in [2.45, 2.75) is 26.7 Å². The molecule has 0 bridgehead atoms. The van der Waals surface area contributed by atoms with Gasteiger partial charge in [-0.15, -0.1) is 0 Å². The smallest absolute Gasteiger partial charge is 0.319 e. The molecule has 15 heavy (non-hydrogen) atoms. The minimum Gasteiger partial charge on any atom is -0.465 e. The van der Waals surface area contributed by atoms with Crippen molar-refractivity contribution < 1.29 is 13.7 Å². The third kappa shape index (κ3) is 9.87. The SMILES string of the molecule is CCCCOC(=O)CNCCS(=O)CC. The van der Waals surface area contributed by atoms with Crippen molar-refractivity contribution in [3.8, 4) is 0 Å². The summed E-state index contributed by atoms with van der Waals surface area (Å²) >= 11 is 0. The van der Waals surface area contributed by atoms with Crippen molar-refractivity contribution in [2.75, 3.05) is 31.2 Å². The van der Waals surface area contributed by atoms with Crippen LogP contribution in [0.5, 0.6) is 0 Å². The minimum atomic E-state index is -0.763. The molecule has 0 spiro atoms. The van der Waals surface area contributed by atoms with E-state index >= 15 is 0 Å². The van der Waals surface area contributed by atoms with Crippen LogP contribution in [0.3, 0.4) is 0 Å². The number of esters is 1. The van der Waals surface area contributed by atoms with Gasteiger partial charge in [-0.3, -0.25) is 9.00 Å². The summed E-state index contributed by atoms with van der Waals surface area (Å²) in [7, 11) is -0.763. The third-order valence-electron chi connectivity index (χ3n) is 1.86. The Morgan fingerprint density at radius 2 is 2.13 bits per heavy atom. The third-order valence-corrected chi connectivity index (χ3v) is 3.16. The number of hydrogen-bond acceptors (Lipinski definition) is 4. The molecular formula is C10H21NO3S. The van der Waals surface area contributed by atoms with E-state index in [0.717, 1.165) is 12.8 Å². The standard InChI is InChI=1S/C10H21NO3S/c1-3-5-7-14-10(12)9-11-6-8-15(13)4-2/h11H,3-9H2,1-2H3. The van der Waals surface area contributed by atoms with Gasteiger partial charge in [-0.2, -0.15) is 0 Å². The van der Waals surface area contributed by atoms with E-state index in [1.54, 1.807) is 0 Å². The predicted molar refractivity (Wildman–Crippen MR) is 62.3 cm³/mol. The first kappa shape index (κ1) is 14.6. The molecule has 0 fully saturated rings. The van der Waals surface area contributed by atoms with Crippen molar-refractivity contribution in [1.29, 1.82) is 0 Å². The summed E-state index contributed by atoms with van der Waals surface area (Å²) < 4.78 is 16.0. The van der Waals surface area contributed by atoms with Gasteiger partial charge in [0.1, 0.15) is 0 Å². The van der Waals surface area contributed by atoms with Gasteiger partial charge in [0.15, 0.2) is 0 Å². The van der Waals surface area contributed by atoms with E-state index in [0.29, 0.717) is 24.7 Å². The molecule has 1 unspecified atom stereocenters. The molecule has 0 aliphatic heterocycles. The summed E-state index contributed by atoms with van der Waals surface area (Å²) in [5.41, 5.74) is 0. The van der Waals surface area contributed by atoms with E-state index in [9.17, 15) is 9.00 Å². The monoisotopic (exact) mass is 235 g/mol. The molecule has 0 heterocycles. The van der Waals surface area contributed by atoms with E-state index in [1.165, 1.54) is 0 Å². The molecule has 1 N–H and O–H groups in total. The number of carbonyl (C=O) groups is 1. The molecule has 90 valence electrons.